The third-order valence-corrected chi connectivity index (χ3v) is 4.25. The summed E-state index contributed by atoms with van der Waals surface area (Å²) in [6, 6.07) is 3.63. The summed E-state index contributed by atoms with van der Waals surface area (Å²) in [6.45, 7) is 7.05. The van der Waals surface area contributed by atoms with Crippen LogP contribution in [0.25, 0.3) is 10.2 Å². The Hall–Kier alpha value is -2.25. The zero-order chi connectivity index (χ0) is 16.1. The van der Waals surface area contributed by atoms with Crippen LogP contribution in [0, 0.1) is 10.1 Å². The molecule has 2 heterocycles. The lowest BCUT2D eigenvalue weighted by atomic mass is 10.3. The van der Waals surface area contributed by atoms with Crippen LogP contribution in [0.5, 0.6) is 5.75 Å². The van der Waals surface area contributed by atoms with E-state index >= 15 is 0 Å². The summed E-state index contributed by atoms with van der Waals surface area (Å²) in [5.74, 6) is 1.000. The van der Waals surface area contributed by atoms with E-state index in [1.807, 2.05) is 6.07 Å². The van der Waals surface area contributed by atoms with Gasteiger partial charge < -0.3 is 4.74 Å². The number of hydrogen-bond acceptors (Lipinski definition) is 5. The van der Waals surface area contributed by atoms with Crippen molar-refractivity contribution in [3.63, 3.8) is 0 Å². The lowest BCUT2D eigenvalue weighted by Crippen LogP contribution is -1.96. The van der Waals surface area contributed by atoms with Crippen molar-refractivity contribution in [1.82, 2.24) is 4.98 Å². The minimum Gasteiger partial charge on any atom is -0.456 e. The lowest BCUT2D eigenvalue weighted by Gasteiger charge is -2.06. The van der Waals surface area contributed by atoms with Gasteiger partial charge in [0.25, 0.3) is 5.70 Å². The Kier molecular flexibility index (Phi) is 5.24. The largest absolute Gasteiger partial charge is 0.456 e. The normalized spacial score (nSPS) is 12.2. The molecule has 0 radical (unpaired) electrons. The van der Waals surface area contributed by atoms with Crippen molar-refractivity contribution >= 4 is 37.5 Å². The average Bonchev–Trinajstić information content (AvgIpc) is 2.87. The van der Waals surface area contributed by atoms with Crippen molar-refractivity contribution in [3.05, 3.63) is 81.1 Å². The van der Waals surface area contributed by atoms with E-state index in [1.54, 1.807) is 12.3 Å². The molecule has 0 unspecified atom stereocenters. The number of halogens is 1. The number of allylic oxidation sites excluding steroid dienone is 4. The van der Waals surface area contributed by atoms with Crippen molar-refractivity contribution in [3.8, 4) is 5.75 Å². The quantitative estimate of drug-likeness (QED) is 0.311. The van der Waals surface area contributed by atoms with E-state index in [-0.39, 0.29) is 5.70 Å². The second-order valence-electron chi connectivity index (χ2n) is 4.00. The van der Waals surface area contributed by atoms with Crippen LogP contribution < -0.4 is 4.74 Å². The van der Waals surface area contributed by atoms with Crippen LogP contribution >= 0.6 is 27.3 Å². The SMILES string of the molecule is C=C/C(=C\C=C(/C=C)[N+](=O)[O-])Oc1ccnc2cc(Br)sc12. The Balaban J connectivity index is 2.35. The molecule has 0 saturated heterocycles. The van der Waals surface area contributed by atoms with Crippen LogP contribution in [0.2, 0.25) is 0 Å². The van der Waals surface area contributed by atoms with Gasteiger partial charge in [-0.05, 0) is 34.1 Å². The molecule has 2 rings (SSSR count). The molecule has 0 aliphatic heterocycles. The van der Waals surface area contributed by atoms with Crippen LogP contribution in [-0.4, -0.2) is 9.91 Å². The van der Waals surface area contributed by atoms with Crippen LogP contribution in [-0.2, 0) is 0 Å². The van der Waals surface area contributed by atoms with E-state index in [9.17, 15) is 10.1 Å². The van der Waals surface area contributed by atoms with E-state index in [4.69, 9.17) is 4.74 Å². The molecule has 0 bridgehead atoms. The molecule has 0 aromatic carbocycles. The Morgan fingerprint density at radius 1 is 1.41 bits per heavy atom. The summed E-state index contributed by atoms with van der Waals surface area (Å²) in [7, 11) is 0. The first-order valence-electron chi connectivity index (χ1n) is 6.08. The molecular weight excluding hydrogens is 368 g/mol. The van der Waals surface area contributed by atoms with Crippen molar-refractivity contribution in [2.75, 3.05) is 0 Å². The Bertz CT molecular complexity index is 808. The van der Waals surface area contributed by atoms with E-state index in [0.29, 0.717) is 11.5 Å². The van der Waals surface area contributed by atoms with Crippen LogP contribution in [0.15, 0.2) is 71.0 Å². The Labute approximate surface area is 139 Å². The second kappa shape index (κ2) is 7.15. The summed E-state index contributed by atoms with van der Waals surface area (Å²) in [5.41, 5.74) is 0.687. The average molecular weight is 379 g/mol. The van der Waals surface area contributed by atoms with E-state index in [0.717, 1.165) is 20.1 Å². The van der Waals surface area contributed by atoms with Crippen LogP contribution in [0.3, 0.4) is 0 Å². The maximum atomic E-state index is 10.7. The number of thiophene rings is 1. The predicted molar refractivity (Wildman–Crippen MR) is 91.5 cm³/mol. The topological polar surface area (TPSA) is 65.3 Å². The summed E-state index contributed by atoms with van der Waals surface area (Å²) in [6.07, 6.45) is 7.07. The van der Waals surface area contributed by atoms with Crippen molar-refractivity contribution in [2.45, 2.75) is 0 Å². The van der Waals surface area contributed by atoms with Gasteiger partial charge in [-0.15, -0.1) is 11.3 Å². The first-order chi connectivity index (χ1) is 10.5. The highest BCUT2D eigenvalue weighted by Crippen LogP contribution is 2.35. The molecule has 0 spiro atoms. The number of hydrogen-bond donors (Lipinski definition) is 0. The summed E-state index contributed by atoms with van der Waals surface area (Å²) < 4.78 is 7.58. The summed E-state index contributed by atoms with van der Waals surface area (Å²) >= 11 is 4.90. The molecule has 0 atom stereocenters. The fourth-order valence-electron chi connectivity index (χ4n) is 1.61. The van der Waals surface area contributed by atoms with Crippen molar-refractivity contribution in [2.24, 2.45) is 0 Å². The molecule has 0 saturated carbocycles. The van der Waals surface area contributed by atoms with Gasteiger partial charge in [0, 0.05) is 24.4 Å². The first kappa shape index (κ1) is 16.1. The molecule has 0 aliphatic carbocycles. The number of aromatic nitrogens is 1. The molecule has 0 N–H and O–H groups in total. The smallest absolute Gasteiger partial charge is 0.268 e. The number of nitro groups is 1. The molecule has 112 valence electrons. The lowest BCUT2D eigenvalue weighted by molar-refractivity contribution is -0.418. The van der Waals surface area contributed by atoms with Gasteiger partial charge in [-0.1, -0.05) is 13.2 Å². The molecular formula is C15H11BrN2O3S. The highest BCUT2D eigenvalue weighted by Gasteiger charge is 2.09. The first-order valence-corrected chi connectivity index (χ1v) is 7.69. The summed E-state index contributed by atoms with van der Waals surface area (Å²) in [5, 5.41) is 10.7. The maximum Gasteiger partial charge on any atom is 0.268 e. The molecule has 0 aliphatic rings. The fraction of sp³-hybridized carbons (Fsp3) is 0. The molecule has 7 heteroatoms. The fourth-order valence-corrected chi connectivity index (χ4v) is 3.10. The third-order valence-electron chi connectivity index (χ3n) is 2.61. The van der Waals surface area contributed by atoms with E-state index in [2.05, 4.69) is 34.1 Å². The Morgan fingerprint density at radius 2 is 2.18 bits per heavy atom. The van der Waals surface area contributed by atoms with Gasteiger partial charge in [-0.2, -0.15) is 0 Å². The maximum absolute atomic E-state index is 10.7. The second-order valence-corrected chi connectivity index (χ2v) is 6.43. The summed E-state index contributed by atoms with van der Waals surface area (Å²) in [4.78, 5) is 14.5. The van der Waals surface area contributed by atoms with E-state index < -0.39 is 4.92 Å². The molecule has 22 heavy (non-hydrogen) atoms. The zero-order valence-electron chi connectivity index (χ0n) is 11.4. The Morgan fingerprint density at radius 3 is 2.82 bits per heavy atom. The van der Waals surface area contributed by atoms with Gasteiger partial charge in [0.2, 0.25) is 0 Å². The minimum absolute atomic E-state index is 0.123. The monoisotopic (exact) mass is 378 g/mol. The molecule has 5 nitrogen and oxygen atoms in total. The van der Waals surface area contributed by atoms with Gasteiger partial charge in [0.05, 0.1) is 18.9 Å². The number of nitrogens with zero attached hydrogens (tertiary/aromatic N) is 2. The molecule has 0 fully saturated rings. The van der Waals surface area contributed by atoms with Gasteiger partial charge in [0.15, 0.2) is 0 Å². The standard InChI is InChI=1S/C15H11BrN2O3S/c1-3-10(18(19)20)5-6-11(4-2)21-13-7-8-17-12-9-14(16)22-15(12)13/h3-9H,1-2H2/b10-5+,11-6+. The van der Waals surface area contributed by atoms with Crippen LogP contribution in [0.4, 0.5) is 0 Å². The number of fused-ring (bicyclic) bond motifs is 1. The molecule has 0 amide bonds. The number of rotatable bonds is 6. The number of pyridine rings is 1. The highest BCUT2D eigenvalue weighted by atomic mass is 79.9. The minimum atomic E-state index is -0.523. The molecule has 2 aromatic heterocycles. The van der Waals surface area contributed by atoms with Crippen molar-refractivity contribution < 1.29 is 9.66 Å². The predicted octanol–water partition coefficient (Wildman–Crippen LogP) is 4.85. The number of ether oxygens (including phenoxy) is 1. The van der Waals surface area contributed by atoms with Gasteiger partial charge >= 0.3 is 0 Å². The van der Waals surface area contributed by atoms with Gasteiger partial charge in [-0.3, -0.25) is 15.1 Å². The van der Waals surface area contributed by atoms with E-state index in [1.165, 1.54) is 29.6 Å². The van der Waals surface area contributed by atoms with Crippen molar-refractivity contribution in [1.29, 1.82) is 0 Å². The van der Waals surface area contributed by atoms with Gasteiger partial charge in [0.1, 0.15) is 11.5 Å². The zero-order valence-corrected chi connectivity index (χ0v) is 13.8. The third kappa shape index (κ3) is 3.69. The molecule has 2 aromatic rings. The highest BCUT2D eigenvalue weighted by molar-refractivity contribution is 9.11. The van der Waals surface area contributed by atoms with Gasteiger partial charge in [-0.25, -0.2) is 0 Å². The van der Waals surface area contributed by atoms with Crippen LogP contribution in [0.1, 0.15) is 0 Å².